The lowest BCUT2D eigenvalue weighted by atomic mass is 10.0. The number of hydrogen-bond donors (Lipinski definition) is 1. The Hall–Kier alpha value is -4.15. The van der Waals surface area contributed by atoms with Gasteiger partial charge in [0.1, 0.15) is 18.3 Å². The third kappa shape index (κ3) is 8.95. The summed E-state index contributed by atoms with van der Waals surface area (Å²) in [5.74, 6) is -0.266. The van der Waals surface area contributed by atoms with Gasteiger partial charge in [-0.15, -0.1) is 0 Å². The van der Waals surface area contributed by atoms with E-state index in [0.717, 1.165) is 21.0 Å². The van der Waals surface area contributed by atoms with E-state index < -0.39 is 28.5 Å². The first kappa shape index (κ1) is 33.7. The molecule has 8 nitrogen and oxygen atoms in total. The van der Waals surface area contributed by atoms with E-state index in [2.05, 4.69) is 21.2 Å². The zero-order valence-electron chi connectivity index (χ0n) is 25.8. The molecule has 0 saturated carbocycles. The number of nitrogens with zero attached hydrogens (tertiary/aromatic N) is 2. The Bertz CT molecular complexity index is 1710. The summed E-state index contributed by atoms with van der Waals surface area (Å²) >= 11 is 3.44. The second-order valence-electron chi connectivity index (χ2n) is 11.0. The van der Waals surface area contributed by atoms with Gasteiger partial charge in [0.2, 0.25) is 11.8 Å². The molecule has 0 aromatic heterocycles. The Morgan fingerprint density at radius 3 is 2.18 bits per heavy atom. The number of carbonyl (C=O) groups is 2. The van der Waals surface area contributed by atoms with E-state index in [1.165, 1.54) is 17.0 Å². The van der Waals surface area contributed by atoms with Crippen molar-refractivity contribution in [3.05, 3.63) is 124 Å². The van der Waals surface area contributed by atoms with E-state index in [9.17, 15) is 18.0 Å². The largest absolute Gasteiger partial charge is 0.497 e. The number of amides is 2. The zero-order valence-corrected chi connectivity index (χ0v) is 28.2. The first-order valence-corrected chi connectivity index (χ1v) is 16.8. The van der Waals surface area contributed by atoms with Crippen molar-refractivity contribution in [2.24, 2.45) is 0 Å². The number of ether oxygens (including phenoxy) is 1. The van der Waals surface area contributed by atoms with Crippen LogP contribution in [0.3, 0.4) is 0 Å². The zero-order chi connectivity index (χ0) is 32.6. The fourth-order valence-corrected chi connectivity index (χ4v) is 6.69. The van der Waals surface area contributed by atoms with Crippen molar-refractivity contribution in [3.8, 4) is 5.75 Å². The predicted octanol–water partition coefficient (Wildman–Crippen LogP) is 6.13. The Kier molecular flexibility index (Phi) is 11.4. The molecule has 10 heteroatoms. The van der Waals surface area contributed by atoms with Crippen LogP contribution in [0.1, 0.15) is 30.5 Å². The molecular formula is C35H38BrN3O5S. The number of sulfonamides is 1. The summed E-state index contributed by atoms with van der Waals surface area (Å²) in [5, 5.41) is 2.97. The van der Waals surface area contributed by atoms with Crippen LogP contribution >= 0.6 is 15.9 Å². The van der Waals surface area contributed by atoms with Crippen LogP contribution in [-0.2, 0) is 32.6 Å². The SMILES string of the molecule is COc1cccc(CN(C(=O)CN(c2cccc(Br)c2)S(=O)(=O)c2ccc(C)cc2)C(Cc2ccccc2)C(=O)NC(C)C)c1. The van der Waals surface area contributed by atoms with Crippen LogP contribution in [0.4, 0.5) is 5.69 Å². The lowest BCUT2D eigenvalue weighted by Crippen LogP contribution is -2.54. The number of carbonyl (C=O) groups excluding carboxylic acids is 2. The number of rotatable bonds is 13. The maximum Gasteiger partial charge on any atom is 0.264 e. The molecule has 4 rings (SSSR count). The lowest BCUT2D eigenvalue weighted by Gasteiger charge is -2.34. The van der Waals surface area contributed by atoms with E-state index in [0.29, 0.717) is 15.9 Å². The maximum absolute atomic E-state index is 14.5. The van der Waals surface area contributed by atoms with Gasteiger partial charge in [-0.25, -0.2) is 8.42 Å². The summed E-state index contributed by atoms with van der Waals surface area (Å²) in [6, 6.07) is 28.9. The van der Waals surface area contributed by atoms with Gasteiger partial charge in [-0.3, -0.25) is 13.9 Å². The molecule has 0 radical (unpaired) electrons. The molecule has 0 aliphatic rings. The Balaban J connectivity index is 1.82. The van der Waals surface area contributed by atoms with Crippen LogP contribution in [0.15, 0.2) is 112 Å². The molecule has 0 saturated heterocycles. The van der Waals surface area contributed by atoms with Crippen molar-refractivity contribution in [2.75, 3.05) is 18.0 Å². The number of halogens is 1. The van der Waals surface area contributed by atoms with Gasteiger partial charge in [0.25, 0.3) is 10.0 Å². The molecule has 45 heavy (non-hydrogen) atoms. The van der Waals surface area contributed by atoms with Crippen LogP contribution in [0.2, 0.25) is 0 Å². The van der Waals surface area contributed by atoms with Crippen LogP contribution in [0.25, 0.3) is 0 Å². The van der Waals surface area contributed by atoms with E-state index in [4.69, 9.17) is 4.74 Å². The van der Waals surface area contributed by atoms with Gasteiger partial charge >= 0.3 is 0 Å². The van der Waals surface area contributed by atoms with Crippen molar-refractivity contribution in [1.82, 2.24) is 10.2 Å². The molecule has 1 atom stereocenters. The Morgan fingerprint density at radius 1 is 0.867 bits per heavy atom. The van der Waals surface area contributed by atoms with Gasteiger partial charge < -0.3 is 15.0 Å². The summed E-state index contributed by atoms with van der Waals surface area (Å²) in [4.78, 5) is 29.8. The van der Waals surface area contributed by atoms with E-state index in [1.807, 2.05) is 63.2 Å². The standard InChI is InChI=1S/C35H38BrN3O5S/c1-25(2)37-35(41)33(21-27-10-6-5-7-11-27)38(23-28-12-8-15-31(20-28)44-4)34(40)24-39(30-14-9-13-29(36)22-30)45(42,43)32-18-16-26(3)17-19-32/h5-20,22,25,33H,21,23-24H2,1-4H3,(H,37,41). The molecule has 1 N–H and O–H groups in total. The molecule has 0 aliphatic heterocycles. The van der Waals surface area contributed by atoms with Crippen LogP contribution in [-0.4, -0.2) is 50.9 Å². The van der Waals surface area contributed by atoms with Crippen LogP contribution in [0.5, 0.6) is 5.75 Å². The van der Waals surface area contributed by atoms with Crippen molar-refractivity contribution < 1.29 is 22.7 Å². The summed E-state index contributed by atoms with van der Waals surface area (Å²) in [6.07, 6.45) is 0.233. The normalized spacial score (nSPS) is 12.0. The summed E-state index contributed by atoms with van der Waals surface area (Å²) in [5.41, 5.74) is 2.81. The lowest BCUT2D eigenvalue weighted by molar-refractivity contribution is -0.140. The van der Waals surface area contributed by atoms with E-state index in [1.54, 1.807) is 55.6 Å². The molecule has 0 bridgehead atoms. The fourth-order valence-electron chi connectivity index (χ4n) is 4.90. The molecule has 0 aliphatic carbocycles. The minimum absolute atomic E-state index is 0.0515. The van der Waals surface area contributed by atoms with Gasteiger partial charge in [-0.05, 0) is 74.4 Å². The van der Waals surface area contributed by atoms with E-state index in [-0.39, 0.29) is 29.8 Å². The minimum atomic E-state index is -4.18. The number of aryl methyl sites for hydroxylation is 1. The number of hydrogen-bond acceptors (Lipinski definition) is 5. The van der Waals surface area contributed by atoms with Crippen molar-refractivity contribution >= 4 is 43.5 Å². The van der Waals surface area contributed by atoms with Crippen LogP contribution < -0.4 is 14.4 Å². The Labute approximate surface area is 274 Å². The minimum Gasteiger partial charge on any atom is -0.497 e. The monoisotopic (exact) mass is 691 g/mol. The summed E-state index contributed by atoms with van der Waals surface area (Å²) in [6.45, 7) is 5.11. The molecule has 4 aromatic carbocycles. The molecule has 0 heterocycles. The van der Waals surface area contributed by atoms with Crippen LogP contribution in [0, 0.1) is 6.92 Å². The van der Waals surface area contributed by atoms with Gasteiger partial charge in [-0.2, -0.15) is 0 Å². The highest BCUT2D eigenvalue weighted by Gasteiger charge is 2.35. The quantitative estimate of drug-likeness (QED) is 0.182. The van der Waals surface area contributed by atoms with Gasteiger partial charge in [0, 0.05) is 23.5 Å². The molecule has 0 fully saturated rings. The molecule has 2 amide bonds. The topological polar surface area (TPSA) is 96.0 Å². The number of nitrogens with one attached hydrogen (secondary N) is 1. The maximum atomic E-state index is 14.5. The fraction of sp³-hybridized carbons (Fsp3) is 0.257. The van der Waals surface area contributed by atoms with Gasteiger partial charge in [0.05, 0.1) is 17.7 Å². The van der Waals surface area contributed by atoms with E-state index >= 15 is 0 Å². The highest BCUT2D eigenvalue weighted by atomic mass is 79.9. The number of anilines is 1. The highest BCUT2D eigenvalue weighted by molar-refractivity contribution is 9.10. The van der Waals surface area contributed by atoms with Gasteiger partial charge in [-0.1, -0.05) is 82.2 Å². The third-order valence-electron chi connectivity index (χ3n) is 7.17. The molecule has 1 unspecified atom stereocenters. The predicted molar refractivity (Wildman–Crippen MR) is 181 cm³/mol. The molecule has 236 valence electrons. The third-order valence-corrected chi connectivity index (χ3v) is 9.45. The second kappa shape index (κ2) is 15.2. The average Bonchev–Trinajstić information content (AvgIpc) is 3.01. The van der Waals surface area contributed by atoms with Gasteiger partial charge in [0.15, 0.2) is 0 Å². The van der Waals surface area contributed by atoms with Crippen molar-refractivity contribution in [3.63, 3.8) is 0 Å². The molecular weight excluding hydrogens is 654 g/mol. The first-order chi connectivity index (χ1) is 21.5. The summed E-state index contributed by atoms with van der Waals surface area (Å²) in [7, 11) is -2.62. The van der Waals surface area contributed by atoms with Crippen molar-refractivity contribution in [2.45, 2.75) is 50.7 Å². The smallest absolute Gasteiger partial charge is 0.264 e. The first-order valence-electron chi connectivity index (χ1n) is 14.6. The molecule has 0 spiro atoms. The molecule has 4 aromatic rings. The summed E-state index contributed by atoms with van der Waals surface area (Å²) < 4.78 is 35.4. The second-order valence-corrected chi connectivity index (χ2v) is 13.8. The number of benzene rings is 4. The Morgan fingerprint density at radius 2 is 1.53 bits per heavy atom. The highest BCUT2D eigenvalue weighted by Crippen LogP contribution is 2.28. The number of methoxy groups -OCH3 is 1. The average molecular weight is 693 g/mol. The van der Waals surface area contributed by atoms with Crippen molar-refractivity contribution in [1.29, 1.82) is 0 Å².